The zero-order chi connectivity index (χ0) is 13.9. The predicted molar refractivity (Wildman–Crippen MR) is 79.6 cm³/mol. The summed E-state index contributed by atoms with van der Waals surface area (Å²) in [6.07, 6.45) is 5.32. The number of rotatable bonds is 2. The Morgan fingerprint density at radius 2 is 2.15 bits per heavy atom. The van der Waals surface area contributed by atoms with E-state index in [4.69, 9.17) is 0 Å². The van der Waals surface area contributed by atoms with E-state index in [1.165, 1.54) is 22.0 Å². The Labute approximate surface area is 127 Å². The Kier molecular flexibility index (Phi) is 2.93. The number of fused-ring (bicyclic) bond motifs is 3. The summed E-state index contributed by atoms with van der Waals surface area (Å²) in [7, 11) is 0. The lowest BCUT2D eigenvalue weighted by atomic mass is 9.89. The van der Waals surface area contributed by atoms with E-state index in [-0.39, 0.29) is 12.0 Å². The fourth-order valence-corrected chi connectivity index (χ4v) is 5.26. The molecule has 0 aromatic heterocycles. The van der Waals surface area contributed by atoms with Crippen molar-refractivity contribution in [2.75, 3.05) is 0 Å². The second-order valence-corrected chi connectivity index (χ2v) is 7.14. The molecule has 2 bridgehead atoms. The van der Waals surface area contributed by atoms with Crippen LogP contribution >= 0.6 is 15.9 Å². The third-order valence-corrected chi connectivity index (χ3v) is 6.19. The van der Waals surface area contributed by atoms with E-state index in [0.717, 1.165) is 25.7 Å². The van der Waals surface area contributed by atoms with E-state index in [0.29, 0.717) is 12.1 Å². The highest BCUT2D eigenvalue weighted by Gasteiger charge is 2.52. The van der Waals surface area contributed by atoms with Crippen molar-refractivity contribution in [2.45, 2.75) is 50.2 Å². The Hall–Kier alpha value is -0.870. The number of hydrogen-bond acceptors (Lipinski definition) is 2. The van der Waals surface area contributed by atoms with Crippen LogP contribution in [-0.4, -0.2) is 28.1 Å². The SMILES string of the molecule is O=C(O)C1CC2CCC1N2C1CCc2c(Br)cccc21. The van der Waals surface area contributed by atoms with Crippen LogP contribution in [0.5, 0.6) is 0 Å². The van der Waals surface area contributed by atoms with Gasteiger partial charge in [0.25, 0.3) is 0 Å². The Morgan fingerprint density at radius 1 is 1.30 bits per heavy atom. The normalized spacial score (nSPS) is 35.5. The molecule has 0 saturated carbocycles. The van der Waals surface area contributed by atoms with E-state index < -0.39 is 5.97 Å². The molecule has 3 aliphatic rings. The molecule has 0 amide bonds. The van der Waals surface area contributed by atoms with Gasteiger partial charge in [0.1, 0.15) is 0 Å². The van der Waals surface area contributed by atoms with Crippen LogP contribution in [0.1, 0.15) is 42.9 Å². The zero-order valence-electron chi connectivity index (χ0n) is 11.3. The number of benzene rings is 1. The van der Waals surface area contributed by atoms with E-state index in [1.807, 2.05) is 0 Å². The molecule has 2 fully saturated rings. The summed E-state index contributed by atoms with van der Waals surface area (Å²) in [5.41, 5.74) is 2.85. The van der Waals surface area contributed by atoms with Crippen molar-refractivity contribution in [1.82, 2.24) is 4.90 Å². The molecule has 106 valence electrons. The van der Waals surface area contributed by atoms with Crippen LogP contribution in [-0.2, 0) is 11.2 Å². The first-order valence-corrected chi connectivity index (χ1v) is 8.23. The van der Waals surface area contributed by atoms with Crippen LogP contribution < -0.4 is 0 Å². The van der Waals surface area contributed by atoms with Crippen LogP contribution in [0, 0.1) is 5.92 Å². The largest absolute Gasteiger partial charge is 0.481 e. The van der Waals surface area contributed by atoms with E-state index >= 15 is 0 Å². The number of carbonyl (C=O) groups is 1. The molecule has 2 heterocycles. The van der Waals surface area contributed by atoms with Crippen molar-refractivity contribution in [2.24, 2.45) is 5.92 Å². The molecule has 4 rings (SSSR count). The molecular formula is C16H18BrNO2. The summed E-state index contributed by atoms with van der Waals surface area (Å²) in [5, 5.41) is 9.40. The number of halogens is 1. The third-order valence-electron chi connectivity index (χ3n) is 5.45. The monoisotopic (exact) mass is 335 g/mol. The fraction of sp³-hybridized carbons (Fsp3) is 0.562. The molecule has 20 heavy (non-hydrogen) atoms. The lowest BCUT2D eigenvalue weighted by Crippen LogP contribution is -2.35. The predicted octanol–water partition coefficient (Wildman–Crippen LogP) is 3.37. The van der Waals surface area contributed by atoms with Gasteiger partial charge in [0, 0.05) is 22.6 Å². The van der Waals surface area contributed by atoms with Gasteiger partial charge in [0.05, 0.1) is 5.92 Å². The van der Waals surface area contributed by atoms with Crippen LogP contribution in [0.15, 0.2) is 22.7 Å². The third kappa shape index (κ3) is 1.70. The van der Waals surface area contributed by atoms with Crippen molar-refractivity contribution in [3.8, 4) is 0 Å². The first-order chi connectivity index (χ1) is 9.66. The van der Waals surface area contributed by atoms with Crippen molar-refractivity contribution in [3.05, 3.63) is 33.8 Å². The molecule has 1 aliphatic carbocycles. The van der Waals surface area contributed by atoms with Gasteiger partial charge in [0.2, 0.25) is 0 Å². The highest BCUT2D eigenvalue weighted by molar-refractivity contribution is 9.10. The summed E-state index contributed by atoms with van der Waals surface area (Å²) in [5.74, 6) is -0.750. The van der Waals surface area contributed by atoms with Crippen LogP contribution in [0.4, 0.5) is 0 Å². The summed E-state index contributed by atoms with van der Waals surface area (Å²) < 4.78 is 1.21. The lowest BCUT2D eigenvalue weighted by Gasteiger charge is -2.30. The maximum absolute atomic E-state index is 11.4. The van der Waals surface area contributed by atoms with Crippen molar-refractivity contribution >= 4 is 21.9 Å². The molecule has 4 heteroatoms. The fourth-order valence-electron chi connectivity index (χ4n) is 4.68. The van der Waals surface area contributed by atoms with Gasteiger partial charge in [-0.05, 0) is 49.3 Å². The minimum atomic E-state index is -0.602. The summed E-state index contributed by atoms with van der Waals surface area (Å²) in [6, 6.07) is 7.62. The molecule has 0 radical (unpaired) electrons. The van der Waals surface area contributed by atoms with Crippen molar-refractivity contribution < 1.29 is 9.90 Å². The highest BCUT2D eigenvalue weighted by Crippen LogP contribution is 2.50. The maximum atomic E-state index is 11.4. The molecular weight excluding hydrogens is 318 g/mol. The smallest absolute Gasteiger partial charge is 0.308 e. The Morgan fingerprint density at radius 3 is 2.90 bits per heavy atom. The van der Waals surface area contributed by atoms with Crippen LogP contribution in [0.25, 0.3) is 0 Å². The van der Waals surface area contributed by atoms with Gasteiger partial charge in [-0.25, -0.2) is 0 Å². The first kappa shape index (κ1) is 12.8. The highest BCUT2D eigenvalue weighted by atomic mass is 79.9. The standard InChI is InChI=1S/C16H18BrNO2/c17-13-3-1-2-11-10(13)5-7-14(11)18-9-4-6-15(18)12(8-9)16(19)20/h1-3,9,12,14-15H,4-8H2,(H,19,20). The second-order valence-electron chi connectivity index (χ2n) is 6.29. The van der Waals surface area contributed by atoms with Crippen LogP contribution in [0.2, 0.25) is 0 Å². The summed E-state index contributed by atoms with van der Waals surface area (Å²) in [6.45, 7) is 0. The quantitative estimate of drug-likeness (QED) is 0.900. The molecule has 1 aromatic rings. The van der Waals surface area contributed by atoms with E-state index in [9.17, 15) is 9.90 Å². The van der Waals surface area contributed by atoms with Gasteiger partial charge >= 0.3 is 5.97 Å². The zero-order valence-corrected chi connectivity index (χ0v) is 12.8. The van der Waals surface area contributed by atoms with E-state index in [2.05, 4.69) is 39.0 Å². The molecule has 1 N–H and O–H groups in total. The van der Waals surface area contributed by atoms with Crippen LogP contribution in [0.3, 0.4) is 0 Å². The maximum Gasteiger partial charge on any atom is 0.308 e. The number of carboxylic acid groups (broad SMARTS) is 1. The van der Waals surface area contributed by atoms with Gasteiger partial charge in [-0.3, -0.25) is 9.69 Å². The topological polar surface area (TPSA) is 40.5 Å². The Bertz CT molecular complexity index is 574. The summed E-state index contributed by atoms with van der Waals surface area (Å²) >= 11 is 3.65. The minimum absolute atomic E-state index is 0.148. The van der Waals surface area contributed by atoms with Gasteiger partial charge in [-0.1, -0.05) is 28.1 Å². The molecule has 4 unspecified atom stereocenters. The van der Waals surface area contributed by atoms with Gasteiger partial charge in [0.15, 0.2) is 0 Å². The van der Waals surface area contributed by atoms with E-state index in [1.54, 1.807) is 0 Å². The molecule has 0 spiro atoms. The van der Waals surface area contributed by atoms with Crippen molar-refractivity contribution in [3.63, 3.8) is 0 Å². The summed E-state index contributed by atoms with van der Waals surface area (Å²) in [4.78, 5) is 14.0. The number of hydrogen-bond donors (Lipinski definition) is 1. The first-order valence-electron chi connectivity index (χ1n) is 7.44. The van der Waals surface area contributed by atoms with Gasteiger partial charge < -0.3 is 5.11 Å². The molecule has 1 aromatic carbocycles. The van der Waals surface area contributed by atoms with Gasteiger partial charge in [-0.15, -0.1) is 0 Å². The Balaban J connectivity index is 1.68. The van der Waals surface area contributed by atoms with Gasteiger partial charge in [-0.2, -0.15) is 0 Å². The minimum Gasteiger partial charge on any atom is -0.481 e. The molecule has 2 aliphatic heterocycles. The average molecular weight is 336 g/mol. The van der Waals surface area contributed by atoms with Crippen molar-refractivity contribution in [1.29, 1.82) is 0 Å². The molecule has 2 saturated heterocycles. The number of aliphatic carboxylic acids is 1. The molecule has 3 nitrogen and oxygen atoms in total. The molecule has 4 atom stereocenters. The number of carboxylic acids is 1. The average Bonchev–Trinajstić information content (AvgIpc) is 3.09. The second kappa shape index (κ2) is 4.57. The number of nitrogens with zero attached hydrogens (tertiary/aromatic N) is 1. The lowest BCUT2D eigenvalue weighted by molar-refractivity contribution is -0.142.